The number of hydrogen-bond donors (Lipinski definition) is 2. The Morgan fingerprint density at radius 1 is 1.35 bits per heavy atom. The van der Waals surface area contributed by atoms with Crippen LogP contribution in [0.4, 0.5) is 0 Å². The number of aliphatic hydroxyl groups is 1. The molecule has 0 heterocycles. The Balaban J connectivity index is 2.22. The summed E-state index contributed by atoms with van der Waals surface area (Å²) < 4.78 is 6.48. The molecule has 1 aromatic carbocycles. The Bertz CT molecular complexity index is 418. The molecule has 1 aromatic rings. The molecule has 0 atom stereocenters. The van der Waals surface area contributed by atoms with Crippen molar-refractivity contribution in [3.05, 3.63) is 28.7 Å². The van der Waals surface area contributed by atoms with Crippen LogP contribution in [0.3, 0.4) is 0 Å². The largest absolute Gasteiger partial charge is 0.493 e. The van der Waals surface area contributed by atoms with Crippen LogP contribution in [0.2, 0.25) is 0 Å². The average molecular weight is 344 g/mol. The van der Waals surface area contributed by atoms with Gasteiger partial charge in [-0.2, -0.15) is 0 Å². The SMILES string of the molecule is CC(C)(CCO)CNC(=O)CCOc1ccc(Br)cc1. The van der Waals surface area contributed by atoms with E-state index in [4.69, 9.17) is 9.84 Å². The maximum Gasteiger partial charge on any atom is 0.223 e. The molecule has 0 fully saturated rings. The predicted octanol–water partition coefficient (Wildman–Crippen LogP) is 2.74. The highest BCUT2D eigenvalue weighted by molar-refractivity contribution is 9.10. The molecule has 0 bridgehead atoms. The Labute approximate surface area is 128 Å². The molecule has 5 heteroatoms. The van der Waals surface area contributed by atoms with E-state index in [1.165, 1.54) is 0 Å². The summed E-state index contributed by atoms with van der Waals surface area (Å²) >= 11 is 3.35. The number of rotatable bonds is 8. The Kier molecular flexibility index (Phi) is 7.02. The summed E-state index contributed by atoms with van der Waals surface area (Å²) in [5, 5.41) is 11.8. The van der Waals surface area contributed by atoms with Crippen molar-refractivity contribution in [2.24, 2.45) is 5.41 Å². The number of hydrogen-bond acceptors (Lipinski definition) is 3. The van der Waals surface area contributed by atoms with Crippen LogP contribution in [-0.2, 0) is 4.79 Å². The molecule has 0 aliphatic heterocycles. The van der Waals surface area contributed by atoms with Crippen LogP contribution in [0.5, 0.6) is 5.75 Å². The smallest absolute Gasteiger partial charge is 0.223 e. The van der Waals surface area contributed by atoms with Crippen LogP contribution in [-0.4, -0.2) is 30.8 Å². The second-order valence-electron chi connectivity index (χ2n) is 5.47. The van der Waals surface area contributed by atoms with Gasteiger partial charge in [-0.1, -0.05) is 29.8 Å². The number of halogens is 1. The van der Waals surface area contributed by atoms with Crippen molar-refractivity contribution < 1.29 is 14.6 Å². The van der Waals surface area contributed by atoms with Crippen LogP contribution < -0.4 is 10.1 Å². The van der Waals surface area contributed by atoms with Gasteiger partial charge in [-0.15, -0.1) is 0 Å². The van der Waals surface area contributed by atoms with E-state index < -0.39 is 0 Å². The van der Waals surface area contributed by atoms with Crippen LogP contribution in [0, 0.1) is 5.41 Å². The first kappa shape index (κ1) is 17.0. The van der Waals surface area contributed by atoms with Gasteiger partial charge < -0.3 is 15.2 Å². The zero-order valence-corrected chi connectivity index (χ0v) is 13.6. The lowest BCUT2D eigenvalue weighted by Crippen LogP contribution is -2.35. The summed E-state index contributed by atoms with van der Waals surface area (Å²) in [4.78, 5) is 11.7. The van der Waals surface area contributed by atoms with Crippen LogP contribution >= 0.6 is 15.9 Å². The van der Waals surface area contributed by atoms with Crippen molar-refractivity contribution in [1.29, 1.82) is 0 Å². The maximum absolute atomic E-state index is 11.7. The van der Waals surface area contributed by atoms with E-state index in [1.54, 1.807) is 0 Å². The molecular weight excluding hydrogens is 322 g/mol. The highest BCUT2D eigenvalue weighted by atomic mass is 79.9. The van der Waals surface area contributed by atoms with Gasteiger partial charge in [0.1, 0.15) is 5.75 Å². The lowest BCUT2D eigenvalue weighted by molar-refractivity contribution is -0.122. The first-order valence-electron chi connectivity index (χ1n) is 6.69. The van der Waals surface area contributed by atoms with E-state index in [9.17, 15) is 4.79 Å². The standard InChI is InChI=1S/C15H22BrNO3/c1-15(2,8-9-18)11-17-14(19)7-10-20-13-5-3-12(16)4-6-13/h3-6,18H,7-11H2,1-2H3,(H,17,19). The Morgan fingerprint density at radius 3 is 2.60 bits per heavy atom. The number of ether oxygens (including phenoxy) is 1. The van der Waals surface area contributed by atoms with Gasteiger partial charge in [0.2, 0.25) is 5.91 Å². The van der Waals surface area contributed by atoms with Gasteiger partial charge in [0, 0.05) is 17.6 Å². The van der Waals surface area contributed by atoms with Crippen LogP contribution in [0.15, 0.2) is 28.7 Å². The minimum atomic E-state index is -0.0863. The van der Waals surface area contributed by atoms with Gasteiger partial charge in [-0.25, -0.2) is 0 Å². The topological polar surface area (TPSA) is 58.6 Å². The third-order valence-electron chi connectivity index (χ3n) is 2.96. The molecule has 4 nitrogen and oxygen atoms in total. The Hall–Kier alpha value is -1.07. The summed E-state index contributed by atoms with van der Waals surface area (Å²) in [5.74, 6) is 0.717. The van der Waals surface area contributed by atoms with Crippen molar-refractivity contribution in [2.75, 3.05) is 19.8 Å². The average Bonchev–Trinajstić information content (AvgIpc) is 2.39. The molecule has 2 N–H and O–H groups in total. The first-order chi connectivity index (χ1) is 9.43. The fraction of sp³-hybridized carbons (Fsp3) is 0.533. The number of amides is 1. The van der Waals surface area contributed by atoms with E-state index in [1.807, 2.05) is 38.1 Å². The quantitative estimate of drug-likeness (QED) is 0.762. The molecule has 20 heavy (non-hydrogen) atoms. The first-order valence-corrected chi connectivity index (χ1v) is 7.48. The van der Waals surface area contributed by atoms with Crippen LogP contribution in [0.25, 0.3) is 0 Å². The zero-order valence-electron chi connectivity index (χ0n) is 12.0. The number of nitrogens with one attached hydrogen (secondary N) is 1. The van der Waals surface area contributed by atoms with Gasteiger partial charge in [0.15, 0.2) is 0 Å². The number of carbonyl (C=O) groups excluding carboxylic acids is 1. The second-order valence-corrected chi connectivity index (χ2v) is 6.38. The van der Waals surface area contributed by atoms with E-state index in [0.717, 1.165) is 10.2 Å². The molecule has 0 saturated heterocycles. The van der Waals surface area contributed by atoms with Gasteiger partial charge >= 0.3 is 0 Å². The van der Waals surface area contributed by atoms with Gasteiger partial charge in [-0.3, -0.25) is 4.79 Å². The van der Waals surface area contributed by atoms with Crippen molar-refractivity contribution in [3.8, 4) is 5.75 Å². The third-order valence-corrected chi connectivity index (χ3v) is 3.49. The van der Waals surface area contributed by atoms with Gasteiger partial charge in [0.25, 0.3) is 0 Å². The monoisotopic (exact) mass is 343 g/mol. The van der Waals surface area contributed by atoms with E-state index in [-0.39, 0.29) is 17.9 Å². The molecule has 112 valence electrons. The molecule has 0 aromatic heterocycles. The van der Waals surface area contributed by atoms with Crippen molar-refractivity contribution >= 4 is 21.8 Å². The molecule has 1 rings (SSSR count). The Morgan fingerprint density at radius 2 is 2.00 bits per heavy atom. The summed E-state index contributed by atoms with van der Waals surface area (Å²) in [6.07, 6.45) is 0.994. The molecule has 0 aliphatic rings. The third kappa shape index (κ3) is 6.91. The lowest BCUT2D eigenvalue weighted by atomic mass is 9.90. The van der Waals surface area contributed by atoms with Crippen molar-refractivity contribution in [3.63, 3.8) is 0 Å². The summed E-state index contributed by atoms with van der Waals surface area (Å²) in [6.45, 7) is 5.08. The van der Waals surface area contributed by atoms with E-state index in [2.05, 4.69) is 21.2 Å². The summed E-state index contributed by atoms with van der Waals surface area (Å²) in [5.41, 5.74) is -0.0863. The highest BCUT2D eigenvalue weighted by Gasteiger charge is 2.17. The maximum atomic E-state index is 11.7. The van der Waals surface area contributed by atoms with E-state index in [0.29, 0.717) is 26.0 Å². The molecule has 1 amide bonds. The number of carbonyl (C=O) groups is 1. The molecule has 0 radical (unpaired) electrons. The molecule has 0 unspecified atom stereocenters. The molecule has 0 saturated carbocycles. The second kappa shape index (κ2) is 8.27. The predicted molar refractivity (Wildman–Crippen MR) is 82.7 cm³/mol. The van der Waals surface area contributed by atoms with Crippen molar-refractivity contribution in [1.82, 2.24) is 5.32 Å². The normalized spacial score (nSPS) is 11.2. The fourth-order valence-electron chi connectivity index (χ4n) is 1.61. The van der Waals surface area contributed by atoms with Gasteiger partial charge in [0.05, 0.1) is 13.0 Å². The minimum Gasteiger partial charge on any atom is -0.493 e. The lowest BCUT2D eigenvalue weighted by Gasteiger charge is -2.23. The number of aliphatic hydroxyl groups excluding tert-OH is 1. The molecular formula is C15H22BrNO3. The van der Waals surface area contributed by atoms with Gasteiger partial charge in [-0.05, 0) is 36.1 Å². The number of benzene rings is 1. The minimum absolute atomic E-state index is 0.0341. The fourth-order valence-corrected chi connectivity index (χ4v) is 1.87. The van der Waals surface area contributed by atoms with E-state index >= 15 is 0 Å². The molecule has 0 aliphatic carbocycles. The zero-order chi connectivity index (χ0) is 15.0. The van der Waals surface area contributed by atoms with Crippen molar-refractivity contribution in [2.45, 2.75) is 26.7 Å². The summed E-state index contributed by atoms with van der Waals surface area (Å²) in [7, 11) is 0. The summed E-state index contributed by atoms with van der Waals surface area (Å²) in [6, 6.07) is 7.50. The highest BCUT2D eigenvalue weighted by Crippen LogP contribution is 2.18. The van der Waals surface area contributed by atoms with Crippen LogP contribution in [0.1, 0.15) is 26.7 Å². The molecule has 0 spiro atoms.